The van der Waals surface area contributed by atoms with Crippen LogP contribution in [-0.4, -0.2) is 22.3 Å². The summed E-state index contributed by atoms with van der Waals surface area (Å²) in [6, 6.07) is 10.7. The van der Waals surface area contributed by atoms with Gasteiger partial charge >= 0.3 is 5.97 Å². The number of thiophene rings is 1. The second-order valence-corrected chi connectivity index (χ2v) is 6.81. The van der Waals surface area contributed by atoms with E-state index in [-0.39, 0.29) is 5.56 Å². The standard InChI is InChI=1S/C16H13N3O2S2/c1-10-14(13-7-4-8-22-13)18-16(23-10)19-17-9-11-5-2-3-6-12(11)15(20)21/h2-9H,1H3,(H,18,19)(H,20,21)/b17-9-. The topological polar surface area (TPSA) is 74.6 Å². The molecule has 0 aliphatic carbocycles. The van der Waals surface area contributed by atoms with Crippen LogP contribution in [-0.2, 0) is 0 Å². The molecule has 1 aromatic carbocycles. The first-order valence-electron chi connectivity index (χ1n) is 6.78. The number of nitrogens with zero attached hydrogens (tertiary/aromatic N) is 2. The minimum atomic E-state index is -0.975. The van der Waals surface area contributed by atoms with Crippen LogP contribution in [0.5, 0.6) is 0 Å². The summed E-state index contributed by atoms with van der Waals surface area (Å²) in [7, 11) is 0. The third-order valence-electron chi connectivity index (χ3n) is 3.11. The molecule has 0 aliphatic rings. The molecule has 0 bridgehead atoms. The fraction of sp³-hybridized carbons (Fsp3) is 0.0625. The molecule has 3 aromatic rings. The number of carboxylic acid groups (broad SMARTS) is 1. The highest BCUT2D eigenvalue weighted by molar-refractivity contribution is 7.17. The second kappa shape index (κ2) is 6.72. The number of hydrazone groups is 1. The average molecular weight is 343 g/mol. The molecule has 0 unspecified atom stereocenters. The quantitative estimate of drug-likeness (QED) is 0.534. The minimum Gasteiger partial charge on any atom is -0.478 e. The number of rotatable bonds is 5. The zero-order chi connectivity index (χ0) is 16.2. The van der Waals surface area contributed by atoms with Gasteiger partial charge in [0.1, 0.15) is 0 Å². The number of carbonyl (C=O) groups is 1. The third kappa shape index (κ3) is 3.46. The number of aryl methyl sites for hydroxylation is 1. The molecule has 2 N–H and O–H groups in total. The van der Waals surface area contributed by atoms with Gasteiger partial charge in [0.15, 0.2) is 0 Å². The molecular formula is C16H13N3O2S2. The molecule has 0 radical (unpaired) electrons. The molecule has 7 heteroatoms. The van der Waals surface area contributed by atoms with Crippen molar-refractivity contribution in [2.24, 2.45) is 5.10 Å². The van der Waals surface area contributed by atoms with Crippen LogP contribution in [0.3, 0.4) is 0 Å². The number of aromatic carboxylic acids is 1. The van der Waals surface area contributed by atoms with Gasteiger partial charge in [-0.2, -0.15) is 5.10 Å². The monoisotopic (exact) mass is 343 g/mol. The van der Waals surface area contributed by atoms with E-state index in [9.17, 15) is 4.79 Å². The number of aromatic nitrogens is 1. The van der Waals surface area contributed by atoms with Gasteiger partial charge in [0, 0.05) is 10.4 Å². The van der Waals surface area contributed by atoms with Gasteiger partial charge in [0.2, 0.25) is 5.13 Å². The molecule has 0 fully saturated rings. The molecule has 0 atom stereocenters. The predicted molar refractivity (Wildman–Crippen MR) is 94.8 cm³/mol. The maximum atomic E-state index is 11.1. The lowest BCUT2D eigenvalue weighted by Gasteiger charge is -1.99. The zero-order valence-electron chi connectivity index (χ0n) is 12.2. The Balaban J connectivity index is 1.77. The maximum Gasteiger partial charge on any atom is 0.336 e. The molecule has 2 aromatic heterocycles. The smallest absolute Gasteiger partial charge is 0.336 e. The summed E-state index contributed by atoms with van der Waals surface area (Å²) in [5.74, 6) is -0.975. The van der Waals surface area contributed by atoms with Crippen molar-refractivity contribution in [2.45, 2.75) is 6.92 Å². The number of benzene rings is 1. The molecule has 3 rings (SSSR count). The van der Waals surface area contributed by atoms with Gasteiger partial charge in [-0.3, -0.25) is 5.43 Å². The lowest BCUT2D eigenvalue weighted by Crippen LogP contribution is -2.02. The summed E-state index contributed by atoms with van der Waals surface area (Å²) in [4.78, 5) is 17.9. The second-order valence-electron chi connectivity index (χ2n) is 4.66. The fourth-order valence-corrected chi connectivity index (χ4v) is 3.66. The molecule has 116 valence electrons. The summed E-state index contributed by atoms with van der Waals surface area (Å²) in [5, 5.41) is 15.9. The van der Waals surface area contributed by atoms with Crippen LogP contribution in [0, 0.1) is 6.92 Å². The normalized spacial score (nSPS) is 11.0. The van der Waals surface area contributed by atoms with E-state index in [0.29, 0.717) is 10.7 Å². The molecule has 0 spiro atoms. The molecule has 0 saturated heterocycles. The maximum absolute atomic E-state index is 11.1. The van der Waals surface area contributed by atoms with Gasteiger partial charge in [-0.05, 0) is 24.4 Å². The van der Waals surface area contributed by atoms with Gasteiger partial charge < -0.3 is 5.11 Å². The van der Waals surface area contributed by atoms with Gasteiger partial charge in [-0.25, -0.2) is 9.78 Å². The number of thiazole rings is 1. The predicted octanol–water partition coefficient (Wildman–Crippen LogP) is 4.32. The van der Waals surface area contributed by atoms with Crippen LogP contribution in [0.2, 0.25) is 0 Å². The van der Waals surface area contributed by atoms with Gasteiger partial charge in [0.05, 0.1) is 22.3 Å². The van der Waals surface area contributed by atoms with Crippen molar-refractivity contribution in [2.75, 3.05) is 5.43 Å². The highest BCUT2D eigenvalue weighted by Gasteiger charge is 2.10. The highest BCUT2D eigenvalue weighted by atomic mass is 32.1. The van der Waals surface area contributed by atoms with E-state index in [4.69, 9.17) is 5.11 Å². The summed E-state index contributed by atoms with van der Waals surface area (Å²) < 4.78 is 0. The lowest BCUT2D eigenvalue weighted by atomic mass is 10.1. The molecule has 0 aliphatic heterocycles. The Bertz CT molecular complexity index is 854. The Morgan fingerprint density at radius 2 is 2.13 bits per heavy atom. The molecule has 5 nitrogen and oxygen atoms in total. The number of carboxylic acids is 1. The van der Waals surface area contributed by atoms with Crippen LogP contribution in [0.1, 0.15) is 20.8 Å². The van der Waals surface area contributed by atoms with Crippen LogP contribution in [0.15, 0.2) is 46.9 Å². The van der Waals surface area contributed by atoms with E-state index in [1.54, 1.807) is 35.6 Å². The summed E-state index contributed by atoms with van der Waals surface area (Å²) in [5.41, 5.74) is 4.58. The van der Waals surface area contributed by atoms with Crippen LogP contribution in [0.4, 0.5) is 5.13 Å². The van der Waals surface area contributed by atoms with E-state index in [1.807, 2.05) is 24.4 Å². The number of hydrogen-bond donors (Lipinski definition) is 2. The van der Waals surface area contributed by atoms with Crippen molar-refractivity contribution in [3.8, 4) is 10.6 Å². The fourth-order valence-electron chi connectivity index (χ4n) is 2.05. The van der Waals surface area contributed by atoms with Gasteiger partial charge in [-0.1, -0.05) is 24.3 Å². The van der Waals surface area contributed by atoms with Gasteiger partial charge in [0.25, 0.3) is 0 Å². The van der Waals surface area contributed by atoms with Crippen LogP contribution in [0.25, 0.3) is 10.6 Å². The molecular weight excluding hydrogens is 330 g/mol. The lowest BCUT2D eigenvalue weighted by molar-refractivity contribution is 0.0697. The van der Waals surface area contributed by atoms with E-state index in [1.165, 1.54) is 17.6 Å². The zero-order valence-corrected chi connectivity index (χ0v) is 13.8. The number of hydrogen-bond acceptors (Lipinski definition) is 6. The van der Waals surface area contributed by atoms with Crippen LogP contribution >= 0.6 is 22.7 Å². The van der Waals surface area contributed by atoms with E-state index in [2.05, 4.69) is 15.5 Å². The molecule has 0 amide bonds. The Kier molecular flexibility index (Phi) is 4.50. The van der Waals surface area contributed by atoms with Crippen molar-refractivity contribution in [1.29, 1.82) is 0 Å². The largest absolute Gasteiger partial charge is 0.478 e. The Morgan fingerprint density at radius 3 is 2.87 bits per heavy atom. The van der Waals surface area contributed by atoms with Crippen molar-refractivity contribution < 1.29 is 9.90 Å². The summed E-state index contributed by atoms with van der Waals surface area (Å²) >= 11 is 3.15. The van der Waals surface area contributed by atoms with Crippen molar-refractivity contribution in [1.82, 2.24) is 4.98 Å². The molecule has 0 saturated carbocycles. The molecule has 23 heavy (non-hydrogen) atoms. The third-order valence-corrected chi connectivity index (χ3v) is 4.86. The van der Waals surface area contributed by atoms with Crippen molar-refractivity contribution in [3.63, 3.8) is 0 Å². The number of nitrogens with one attached hydrogen (secondary N) is 1. The highest BCUT2D eigenvalue weighted by Crippen LogP contribution is 2.32. The van der Waals surface area contributed by atoms with E-state index >= 15 is 0 Å². The Morgan fingerprint density at radius 1 is 1.30 bits per heavy atom. The summed E-state index contributed by atoms with van der Waals surface area (Å²) in [6.07, 6.45) is 1.49. The Labute approximate surface area is 141 Å². The first kappa shape index (κ1) is 15.4. The van der Waals surface area contributed by atoms with Crippen LogP contribution < -0.4 is 5.43 Å². The SMILES string of the molecule is Cc1sc(N/N=C\c2ccccc2C(=O)O)nc1-c1cccs1. The number of anilines is 1. The first-order valence-corrected chi connectivity index (χ1v) is 8.47. The summed E-state index contributed by atoms with van der Waals surface area (Å²) in [6.45, 7) is 2.02. The molecule has 2 heterocycles. The minimum absolute atomic E-state index is 0.215. The van der Waals surface area contributed by atoms with E-state index < -0.39 is 5.97 Å². The first-order chi connectivity index (χ1) is 11.1. The van der Waals surface area contributed by atoms with E-state index in [0.717, 1.165) is 15.4 Å². The van der Waals surface area contributed by atoms with Gasteiger partial charge in [-0.15, -0.1) is 22.7 Å². The van der Waals surface area contributed by atoms with Crippen molar-refractivity contribution >= 4 is 40.0 Å². The van der Waals surface area contributed by atoms with Crippen molar-refractivity contribution in [3.05, 3.63) is 57.8 Å². The Hall–Kier alpha value is -2.51. The average Bonchev–Trinajstić information content (AvgIpc) is 3.17.